The fraction of sp³-hybridized carbons (Fsp3) is 0.240. The van der Waals surface area contributed by atoms with Gasteiger partial charge in [0, 0.05) is 15.6 Å². The number of halogens is 1. The molecule has 156 valence electrons. The van der Waals surface area contributed by atoms with Crippen LogP contribution >= 0.6 is 15.9 Å². The maximum Gasteiger partial charge on any atom is 0.255 e. The van der Waals surface area contributed by atoms with Crippen LogP contribution in [0.2, 0.25) is 0 Å². The normalized spacial score (nSPS) is 10.6. The molecule has 3 rings (SSSR count). The number of hydrogen-bond donors (Lipinski definition) is 1. The summed E-state index contributed by atoms with van der Waals surface area (Å²) in [5.74, 6) is 1.38. The van der Waals surface area contributed by atoms with E-state index in [9.17, 15) is 4.79 Å². The molecule has 1 amide bonds. The smallest absolute Gasteiger partial charge is 0.255 e. The molecule has 0 bridgehead atoms. The van der Waals surface area contributed by atoms with Crippen LogP contribution in [-0.2, 0) is 6.61 Å². The summed E-state index contributed by atoms with van der Waals surface area (Å²) in [4.78, 5) is 12.8. The monoisotopic (exact) mass is 467 g/mol. The van der Waals surface area contributed by atoms with E-state index in [1.54, 1.807) is 6.07 Å². The summed E-state index contributed by atoms with van der Waals surface area (Å²) in [5.41, 5.74) is 5.55. The predicted octanol–water partition coefficient (Wildman–Crippen LogP) is 6.60. The summed E-state index contributed by atoms with van der Waals surface area (Å²) in [7, 11) is 0. The van der Waals surface area contributed by atoms with E-state index in [1.165, 1.54) is 5.56 Å². The SMILES string of the molecule is CCOc1ccc(C(=O)Nc2ccccc2Br)cc1COc1cc(C)cc(C)c1C. The Morgan fingerprint density at radius 2 is 1.73 bits per heavy atom. The van der Waals surface area contributed by atoms with Crippen LogP contribution in [0.1, 0.15) is 39.5 Å². The van der Waals surface area contributed by atoms with E-state index >= 15 is 0 Å². The summed E-state index contributed by atoms with van der Waals surface area (Å²) >= 11 is 3.46. The van der Waals surface area contributed by atoms with Crippen LogP contribution in [0.5, 0.6) is 11.5 Å². The Balaban J connectivity index is 1.84. The number of aryl methyl sites for hydroxylation is 2. The molecule has 0 aliphatic carbocycles. The number of para-hydroxylation sites is 1. The number of hydrogen-bond acceptors (Lipinski definition) is 3. The van der Waals surface area contributed by atoms with Crippen LogP contribution in [0.25, 0.3) is 0 Å². The second-order valence-corrected chi connectivity index (χ2v) is 8.04. The zero-order valence-corrected chi connectivity index (χ0v) is 19.3. The van der Waals surface area contributed by atoms with Gasteiger partial charge in [-0.15, -0.1) is 0 Å². The van der Waals surface area contributed by atoms with E-state index in [-0.39, 0.29) is 5.91 Å². The van der Waals surface area contributed by atoms with Gasteiger partial charge in [-0.25, -0.2) is 0 Å². The van der Waals surface area contributed by atoms with E-state index < -0.39 is 0 Å². The number of benzene rings is 3. The third kappa shape index (κ3) is 5.22. The van der Waals surface area contributed by atoms with Gasteiger partial charge in [-0.3, -0.25) is 4.79 Å². The Morgan fingerprint density at radius 1 is 0.967 bits per heavy atom. The first kappa shape index (κ1) is 21.9. The van der Waals surface area contributed by atoms with E-state index in [1.807, 2.05) is 49.4 Å². The fourth-order valence-corrected chi connectivity index (χ4v) is 3.58. The average Bonchev–Trinajstić information content (AvgIpc) is 2.72. The average molecular weight is 468 g/mol. The van der Waals surface area contributed by atoms with Crippen molar-refractivity contribution < 1.29 is 14.3 Å². The van der Waals surface area contributed by atoms with E-state index in [0.29, 0.717) is 18.8 Å². The van der Waals surface area contributed by atoms with Crippen molar-refractivity contribution in [1.29, 1.82) is 0 Å². The number of rotatable bonds is 7. The molecular formula is C25H26BrNO3. The van der Waals surface area contributed by atoms with Crippen molar-refractivity contribution in [1.82, 2.24) is 0 Å². The lowest BCUT2D eigenvalue weighted by Crippen LogP contribution is -2.13. The molecule has 1 N–H and O–H groups in total. The molecule has 0 saturated carbocycles. The van der Waals surface area contributed by atoms with Crippen molar-refractivity contribution in [2.24, 2.45) is 0 Å². The lowest BCUT2D eigenvalue weighted by atomic mass is 10.1. The minimum Gasteiger partial charge on any atom is -0.493 e. The zero-order chi connectivity index (χ0) is 21.7. The highest BCUT2D eigenvalue weighted by molar-refractivity contribution is 9.10. The van der Waals surface area contributed by atoms with Gasteiger partial charge in [0.25, 0.3) is 5.91 Å². The number of ether oxygens (including phenoxy) is 2. The molecule has 0 aliphatic rings. The Kier molecular flexibility index (Phi) is 7.16. The largest absolute Gasteiger partial charge is 0.493 e. The molecule has 0 aromatic heterocycles. The molecule has 0 radical (unpaired) electrons. The molecule has 5 heteroatoms. The van der Waals surface area contributed by atoms with Crippen LogP contribution in [0.3, 0.4) is 0 Å². The first-order valence-electron chi connectivity index (χ1n) is 9.91. The van der Waals surface area contributed by atoms with Gasteiger partial charge in [0.15, 0.2) is 0 Å². The molecular weight excluding hydrogens is 442 g/mol. The molecule has 0 saturated heterocycles. The third-order valence-corrected chi connectivity index (χ3v) is 5.58. The van der Waals surface area contributed by atoms with Gasteiger partial charge in [-0.2, -0.15) is 0 Å². The second-order valence-electron chi connectivity index (χ2n) is 7.18. The topological polar surface area (TPSA) is 47.6 Å². The first-order valence-corrected chi connectivity index (χ1v) is 10.7. The van der Waals surface area contributed by atoms with Crippen LogP contribution in [0.15, 0.2) is 59.1 Å². The second kappa shape index (κ2) is 9.81. The van der Waals surface area contributed by atoms with Crippen LogP contribution in [0, 0.1) is 20.8 Å². The van der Waals surface area contributed by atoms with Crippen LogP contribution in [0.4, 0.5) is 5.69 Å². The molecule has 3 aromatic rings. The van der Waals surface area contributed by atoms with Crippen molar-refractivity contribution in [3.63, 3.8) is 0 Å². The van der Waals surface area contributed by atoms with Crippen molar-refractivity contribution >= 4 is 27.5 Å². The molecule has 0 aliphatic heterocycles. The molecule has 0 unspecified atom stereocenters. The minimum atomic E-state index is -0.186. The molecule has 0 fully saturated rings. The molecule has 0 atom stereocenters. The zero-order valence-electron chi connectivity index (χ0n) is 17.7. The number of nitrogens with one attached hydrogen (secondary N) is 1. The van der Waals surface area contributed by atoms with Crippen molar-refractivity contribution in [2.75, 3.05) is 11.9 Å². The van der Waals surface area contributed by atoms with Crippen molar-refractivity contribution in [3.05, 3.63) is 86.9 Å². The molecule has 30 heavy (non-hydrogen) atoms. The quantitative estimate of drug-likeness (QED) is 0.425. The van der Waals surface area contributed by atoms with Gasteiger partial charge >= 0.3 is 0 Å². The Labute approximate surface area is 186 Å². The Hall–Kier alpha value is -2.79. The Morgan fingerprint density at radius 3 is 2.47 bits per heavy atom. The minimum absolute atomic E-state index is 0.186. The summed E-state index contributed by atoms with van der Waals surface area (Å²) in [6, 6.07) is 17.1. The fourth-order valence-electron chi connectivity index (χ4n) is 3.19. The van der Waals surface area contributed by atoms with Gasteiger partial charge in [0.1, 0.15) is 18.1 Å². The van der Waals surface area contributed by atoms with Gasteiger partial charge in [-0.1, -0.05) is 18.2 Å². The lowest BCUT2D eigenvalue weighted by Gasteiger charge is -2.16. The summed E-state index contributed by atoms with van der Waals surface area (Å²) in [6.07, 6.45) is 0. The van der Waals surface area contributed by atoms with Crippen molar-refractivity contribution in [2.45, 2.75) is 34.3 Å². The maximum absolute atomic E-state index is 12.8. The summed E-state index contributed by atoms with van der Waals surface area (Å²) < 4.78 is 12.7. The molecule has 4 nitrogen and oxygen atoms in total. The van der Waals surface area contributed by atoms with Crippen molar-refractivity contribution in [3.8, 4) is 11.5 Å². The van der Waals surface area contributed by atoms with E-state index in [2.05, 4.69) is 48.1 Å². The molecule has 3 aromatic carbocycles. The third-order valence-electron chi connectivity index (χ3n) is 4.89. The first-order chi connectivity index (χ1) is 14.4. The maximum atomic E-state index is 12.8. The standard InChI is InChI=1S/C25H26BrNO3/c1-5-29-23-11-10-19(25(28)27-22-9-7-6-8-21(22)26)14-20(23)15-30-24-13-16(2)12-17(3)18(24)4/h6-14H,5,15H2,1-4H3,(H,27,28). The van der Waals surface area contributed by atoms with Gasteiger partial charge in [-0.05, 0) is 96.7 Å². The highest BCUT2D eigenvalue weighted by Crippen LogP contribution is 2.28. The van der Waals surface area contributed by atoms with Gasteiger partial charge in [0.2, 0.25) is 0 Å². The van der Waals surface area contributed by atoms with Crippen LogP contribution < -0.4 is 14.8 Å². The summed E-state index contributed by atoms with van der Waals surface area (Å²) in [6.45, 7) is 8.97. The number of carbonyl (C=O) groups is 1. The van der Waals surface area contributed by atoms with E-state index in [4.69, 9.17) is 9.47 Å². The van der Waals surface area contributed by atoms with Gasteiger partial charge < -0.3 is 14.8 Å². The number of amides is 1. The summed E-state index contributed by atoms with van der Waals surface area (Å²) in [5, 5.41) is 2.94. The molecule has 0 heterocycles. The van der Waals surface area contributed by atoms with Gasteiger partial charge in [0.05, 0.1) is 12.3 Å². The van der Waals surface area contributed by atoms with E-state index in [0.717, 1.165) is 38.3 Å². The number of carbonyl (C=O) groups excluding carboxylic acids is 1. The van der Waals surface area contributed by atoms with Crippen LogP contribution in [-0.4, -0.2) is 12.5 Å². The predicted molar refractivity (Wildman–Crippen MR) is 125 cm³/mol. The molecule has 0 spiro atoms. The number of anilines is 1. The highest BCUT2D eigenvalue weighted by Gasteiger charge is 2.13. The lowest BCUT2D eigenvalue weighted by molar-refractivity contribution is 0.102. The Bertz CT molecular complexity index is 1060. The highest BCUT2D eigenvalue weighted by atomic mass is 79.9.